The van der Waals surface area contributed by atoms with Gasteiger partial charge < -0.3 is 9.32 Å². The first-order valence-electron chi connectivity index (χ1n) is 5.09. The van der Waals surface area contributed by atoms with Gasteiger partial charge in [0.1, 0.15) is 5.58 Å². The van der Waals surface area contributed by atoms with Gasteiger partial charge in [-0.25, -0.2) is 0 Å². The smallest absolute Gasteiger partial charge is 0.280 e. The fourth-order valence-electron chi connectivity index (χ4n) is 1.59. The lowest BCUT2D eigenvalue weighted by molar-refractivity contribution is -0.383. The van der Waals surface area contributed by atoms with E-state index in [2.05, 4.69) is 0 Å². The number of fused-ring (bicyclic) bond motifs is 1. The molecule has 0 spiro atoms. The first-order valence-corrected chi connectivity index (χ1v) is 5.09. The Kier molecular flexibility index (Phi) is 2.82. The Morgan fingerprint density at radius 2 is 2.12 bits per heavy atom. The summed E-state index contributed by atoms with van der Waals surface area (Å²) < 4.78 is 5.30. The highest BCUT2D eigenvalue weighted by Crippen LogP contribution is 2.29. The summed E-state index contributed by atoms with van der Waals surface area (Å²) in [5, 5.41) is 11.4. The molecule has 2 aromatic rings. The zero-order valence-electron chi connectivity index (χ0n) is 9.58. The Morgan fingerprint density at radius 3 is 2.76 bits per heavy atom. The second-order valence-electron chi connectivity index (χ2n) is 3.87. The molecular weight excluding hydrogens is 220 g/mol. The summed E-state index contributed by atoms with van der Waals surface area (Å²) in [5.74, 6) is 0. The normalized spacial score (nSPS) is 11.2. The van der Waals surface area contributed by atoms with Gasteiger partial charge in [0.05, 0.1) is 16.6 Å². The summed E-state index contributed by atoms with van der Waals surface area (Å²) in [6.07, 6.45) is 5.18. The third kappa shape index (κ3) is 2.13. The minimum absolute atomic E-state index is 0.0655. The van der Waals surface area contributed by atoms with Crippen molar-refractivity contribution in [2.24, 2.45) is 0 Å². The fraction of sp³-hybridized carbons (Fsp3) is 0.167. The van der Waals surface area contributed by atoms with Gasteiger partial charge in [-0.05, 0) is 24.4 Å². The Labute approximate surface area is 98.1 Å². The molecule has 0 aliphatic rings. The number of nitro benzene ring substituents is 1. The maximum absolute atomic E-state index is 10.8. The maximum Gasteiger partial charge on any atom is 0.280 e. The van der Waals surface area contributed by atoms with Crippen molar-refractivity contribution in [1.29, 1.82) is 0 Å². The molecule has 0 atom stereocenters. The lowest BCUT2D eigenvalue weighted by Crippen LogP contribution is -1.99. The summed E-state index contributed by atoms with van der Waals surface area (Å²) in [6, 6.07) is 4.79. The van der Waals surface area contributed by atoms with Crippen LogP contribution >= 0.6 is 0 Å². The van der Waals surface area contributed by atoms with Gasteiger partial charge in [-0.1, -0.05) is 0 Å². The number of hydrogen-bond donors (Lipinski definition) is 0. The number of furan rings is 1. The van der Waals surface area contributed by atoms with E-state index >= 15 is 0 Å². The quantitative estimate of drug-likeness (QED) is 0.603. The highest BCUT2D eigenvalue weighted by Gasteiger charge is 2.15. The van der Waals surface area contributed by atoms with Gasteiger partial charge in [-0.3, -0.25) is 10.1 Å². The molecule has 0 radical (unpaired) electrons. The maximum atomic E-state index is 10.8. The lowest BCUT2D eigenvalue weighted by atomic mass is 10.1. The van der Waals surface area contributed by atoms with Crippen LogP contribution in [0.25, 0.3) is 17.0 Å². The molecule has 1 aromatic carbocycles. The SMILES string of the molecule is CN(C)C=Cc1ccc([N+](=O)[O-])c2ccoc12. The molecule has 0 fully saturated rings. The Bertz CT molecular complexity index is 584. The molecule has 1 aromatic heterocycles. The van der Waals surface area contributed by atoms with E-state index in [1.54, 1.807) is 12.1 Å². The van der Waals surface area contributed by atoms with Gasteiger partial charge in [0.2, 0.25) is 0 Å². The van der Waals surface area contributed by atoms with Crippen LogP contribution in [0.4, 0.5) is 5.69 Å². The minimum atomic E-state index is -0.405. The van der Waals surface area contributed by atoms with Gasteiger partial charge >= 0.3 is 0 Å². The largest absolute Gasteiger partial charge is 0.463 e. The average molecular weight is 232 g/mol. The first-order chi connectivity index (χ1) is 8.09. The number of nitro groups is 1. The Morgan fingerprint density at radius 1 is 1.35 bits per heavy atom. The summed E-state index contributed by atoms with van der Waals surface area (Å²) in [6.45, 7) is 0. The number of benzene rings is 1. The minimum Gasteiger partial charge on any atom is -0.463 e. The van der Waals surface area contributed by atoms with Gasteiger partial charge in [-0.2, -0.15) is 0 Å². The summed E-state index contributed by atoms with van der Waals surface area (Å²) in [5.41, 5.74) is 1.43. The Hall–Kier alpha value is -2.30. The predicted molar refractivity (Wildman–Crippen MR) is 65.6 cm³/mol. The lowest BCUT2D eigenvalue weighted by Gasteiger charge is -2.03. The zero-order chi connectivity index (χ0) is 12.4. The first kappa shape index (κ1) is 11.2. The number of nitrogens with zero attached hydrogens (tertiary/aromatic N) is 2. The molecule has 88 valence electrons. The van der Waals surface area contributed by atoms with Gasteiger partial charge in [0, 0.05) is 25.7 Å². The van der Waals surface area contributed by atoms with Crippen molar-refractivity contribution < 1.29 is 9.34 Å². The van der Waals surface area contributed by atoms with Crippen LogP contribution in [-0.4, -0.2) is 23.9 Å². The molecule has 2 rings (SSSR count). The van der Waals surface area contributed by atoms with Gasteiger partial charge in [0.15, 0.2) is 0 Å². The van der Waals surface area contributed by atoms with Crippen LogP contribution in [0.2, 0.25) is 0 Å². The number of non-ortho nitro benzene ring substituents is 1. The molecule has 0 bridgehead atoms. The van der Waals surface area contributed by atoms with Crippen LogP contribution in [0.5, 0.6) is 0 Å². The summed E-state index contributed by atoms with van der Waals surface area (Å²) >= 11 is 0. The highest BCUT2D eigenvalue weighted by molar-refractivity contribution is 5.92. The van der Waals surface area contributed by atoms with Crippen LogP contribution in [-0.2, 0) is 0 Å². The summed E-state index contributed by atoms with van der Waals surface area (Å²) in [7, 11) is 3.81. The van der Waals surface area contributed by atoms with E-state index in [1.807, 2.05) is 31.3 Å². The molecule has 5 nitrogen and oxygen atoms in total. The topological polar surface area (TPSA) is 59.5 Å². The van der Waals surface area contributed by atoms with E-state index < -0.39 is 4.92 Å². The molecule has 0 N–H and O–H groups in total. The molecular formula is C12H12N2O3. The summed E-state index contributed by atoms with van der Waals surface area (Å²) in [4.78, 5) is 12.3. The third-order valence-electron chi connectivity index (χ3n) is 2.37. The average Bonchev–Trinajstić information content (AvgIpc) is 2.73. The van der Waals surface area contributed by atoms with Crippen molar-refractivity contribution in [2.45, 2.75) is 0 Å². The van der Waals surface area contributed by atoms with Crippen molar-refractivity contribution in [1.82, 2.24) is 4.90 Å². The zero-order valence-corrected chi connectivity index (χ0v) is 9.58. The van der Waals surface area contributed by atoms with E-state index in [4.69, 9.17) is 4.42 Å². The number of hydrogen-bond acceptors (Lipinski definition) is 4. The molecule has 0 aliphatic carbocycles. The molecule has 5 heteroatoms. The van der Waals surface area contributed by atoms with E-state index in [0.717, 1.165) is 5.56 Å². The fourth-order valence-corrected chi connectivity index (χ4v) is 1.59. The van der Waals surface area contributed by atoms with Crippen LogP contribution in [0, 0.1) is 10.1 Å². The second kappa shape index (κ2) is 4.29. The second-order valence-corrected chi connectivity index (χ2v) is 3.87. The van der Waals surface area contributed by atoms with Crippen molar-refractivity contribution in [3.8, 4) is 0 Å². The molecule has 0 amide bonds. The molecule has 0 saturated heterocycles. The van der Waals surface area contributed by atoms with Crippen LogP contribution < -0.4 is 0 Å². The van der Waals surface area contributed by atoms with Gasteiger partial charge in [-0.15, -0.1) is 0 Å². The Balaban J connectivity index is 2.57. The molecule has 0 unspecified atom stereocenters. The van der Waals surface area contributed by atoms with Crippen molar-refractivity contribution >= 4 is 22.7 Å². The molecule has 1 heterocycles. The van der Waals surface area contributed by atoms with E-state index in [0.29, 0.717) is 11.0 Å². The van der Waals surface area contributed by atoms with E-state index in [-0.39, 0.29) is 5.69 Å². The molecule has 0 saturated carbocycles. The van der Waals surface area contributed by atoms with Crippen molar-refractivity contribution in [3.05, 3.63) is 46.3 Å². The van der Waals surface area contributed by atoms with E-state index in [1.165, 1.54) is 12.3 Å². The van der Waals surface area contributed by atoms with Crippen LogP contribution in [0.15, 0.2) is 35.1 Å². The van der Waals surface area contributed by atoms with Crippen molar-refractivity contribution in [2.75, 3.05) is 14.1 Å². The van der Waals surface area contributed by atoms with Crippen LogP contribution in [0.3, 0.4) is 0 Å². The molecule has 17 heavy (non-hydrogen) atoms. The number of rotatable bonds is 3. The third-order valence-corrected chi connectivity index (χ3v) is 2.37. The highest BCUT2D eigenvalue weighted by atomic mass is 16.6. The van der Waals surface area contributed by atoms with E-state index in [9.17, 15) is 10.1 Å². The van der Waals surface area contributed by atoms with Crippen LogP contribution in [0.1, 0.15) is 5.56 Å². The standard InChI is InChI=1S/C12H12N2O3/c1-13(2)7-5-9-3-4-11(14(15)16)10-6-8-17-12(9)10/h3-8H,1-2H3. The van der Waals surface area contributed by atoms with Crippen molar-refractivity contribution in [3.63, 3.8) is 0 Å². The monoisotopic (exact) mass is 232 g/mol. The predicted octanol–water partition coefficient (Wildman–Crippen LogP) is 2.87. The molecule has 0 aliphatic heterocycles. The van der Waals surface area contributed by atoms with Gasteiger partial charge in [0.25, 0.3) is 5.69 Å².